The van der Waals surface area contributed by atoms with Crippen LogP contribution in [0.2, 0.25) is 0 Å². The second-order valence-electron chi connectivity index (χ2n) is 4.73. The summed E-state index contributed by atoms with van der Waals surface area (Å²) in [6.07, 6.45) is 3.93. The first kappa shape index (κ1) is 11.7. The monoisotopic (exact) mass is 259 g/mol. The van der Waals surface area contributed by atoms with Gasteiger partial charge < -0.3 is 5.73 Å². The van der Waals surface area contributed by atoms with Gasteiger partial charge >= 0.3 is 0 Å². The van der Waals surface area contributed by atoms with Crippen LogP contribution in [0.3, 0.4) is 0 Å². The largest absolute Gasteiger partial charge is 0.397 e. The molecule has 4 heteroatoms. The van der Waals surface area contributed by atoms with Crippen LogP contribution in [0.5, 0.6) is 0 Å². The van der Waals surface area contributed by atoms with Crippen LogP contribution in [0, 0.1) is 0 Å². The van der Waals surface area contributed by atoms with Gasteiger partial charge in [-0.1, -0.05) is 0 Å². The lowest BCUT2D eigenvalue weighted by atomic mass is 10.1. The van der Waals surface area contributed by atoms with Gasteiger partial charge in [-0.15, -0.1) is 11.3 Å². The van der Waals surface area contributed by atoms with Crippen LogP contribution < -0.4 is 5.73 Å². The molecule has 0 bridgehead atoms. The van der Waals surface area contributed by atoms with Gasteiger partial charge in [0.1, 0.15) is 0 Å². The molecule has 1 aliphatic heterocycles. The second-order valence-corrected chi connectivity index (χ2v) is 5.73. The molecule has 3 nitrogen and oxygen atoms in total. The van der Waals surface area contributed by atoms with E-state index in [0.717, 1.165) is 30.9 Å². The van der Waals surface area contributed by atoms with Gasteiger partial charge in [-0.2, -0.15) is 0 Å². The fourth-order valence-electron chi connectivity index (χ4n) is 2.35. The Bertz CT molecular complexity index is 518. The lowest BCUT2D eigenvalue weighted by molar-refractivity contribution is 0.258. The van der Waals surface area contributed by atoms with Gasteiger partial charge in [-0.05, 0) is 35.6 Å². The third-order valence-electron chi connectivity index (χ3n) is 3.42. The smallest absolute Gasteiger partial charge is 0.0501 e. The molecule has 2 aromatic heterocycles. The quantitative estimate of drug-likeness (QED) is 0.920. The topological polar surface area (TPSA) is 42.1 Å². The summed E-state index contributed by atoms with van der Waals surface area (Å²) in [4.78, 5) is 8.42. The Morgan fingerprint density at radius 1 is 1.33 bits per heavy atom. The Balaban J connectivity index is 1.57. The predicted molar refractivity (Wildman–Crippen MR) is 75.7 cm³/mol. The highest BCUT2D eigenvalue weighted by Gasteiger charge is 2.16. The maximum absolute atomic E-state index is 5.64. The van der Waals surface area contributed by atoms with E-state index >= 15 is 0 Å². The molecule has 0 saturated carbocycles. The van der Waals surface area contributed by atoms with Gasteiger partial charge in [0.25, 0.3) is 0 Å². The van der Waals surface area contributed by atoms with E-state index in [0.29, 0.717) is 0 Å². The summed E-state index contributed by atoms with van der Waals surface area (Å²) >= 11 is 1.89. The van der Waals surface area contributed by atoms with Crippen LogP contribution in [0.15, 0.2) is 29.8 Å². The number of thiophene rings is 1. The van der Waals surface area contributed by atoms with Crippen molar-refractivity contribution in [3.8, 4) is 0 Å². The summed E-state index contributed by atoms with van der Waals surface area (Å²) in [7, 11) is 0. The number of nitrogen functional groups attached to an aromatic ring is 1. The van der Waals surface area contributed by atoms with E-state index in [4.69, 9.17) is 5.73 Å². The number of nitrogens with zero attached hydrogens (tertiary/aromatic N) is 2. The van der Waals surface area contributed by atoms with Crippen molar-refractivity contribution in [1.29, 1.82) is 0 Å². The third kappa shape index (κ3) is 2.54. The zero-order valence-corrected chi connectivity index (χ0v) is 11.1. The number of rotatable bonds is 3. The average molecular weight is 259 g/mol. The van der Waals surface area contributed by atoms with Gasteiger partial charge in [0.15, 0.2) is 0 Å². The molecule has 2 N–H and O–H groups in total. The molecule has 3 heterocycles. The Kier molecular flexibility index (Phi) is 3.30. The van der Waals surface area contributed by atoms with E-state index in [1.807, 2.05) is 23.5 Å². The van der Waals surface area contributed by atoms with Gasteiger partial charge in [0.05, 0.1) is 11.9 Å². The molecule has 0 aromatic carbocycles. The summed E-state index contributed by atoms with van der Waals surface area (Å²) in [5.74, 6) is 0. The normalized spacial score (nSPS) is 15.6. The van der Waals surface area contributed by atoms with Gasteiger partial charge in [-0.25, -0.2) is 0 Å². The van der Waals surface area contributed by atoms with Crippen molar-refractivity contribution in [2.75, 3.05) is 18.8 Å². The summed E-state index contributed by atoms with van der Waals surface area (Å²) in [6.45, 7) is 3.34. The first-order valence-corrected chi connectivity index (χ1v) is 7.17. The first-order chi connectivity index (χ1) is 8.81. The second kappa shape index (κ2) is 5.08. The van der Waals surface area contributed by atoms with Gasteiger partial charge in [0, 0.05) is 36.6 Å². The molecule has 0 aliphatic carbocycles. The third-order valence-corrected chi connectivity index (χ3v) is 4.44. The Labute approximate surface area is 111 Å². The highest BCUT2D eigenvalue weighted by atomic mass is 32.1. The molecule has 2 aromatic rings. The molecule has 0 atom stereocenters. The molecule has 0 radical (unpaired) electrons. The Hall–Kier alpha value is -1.39. The number of nitrogens with two attached hydrogens (primary N) is 1. The molecule has 0 amide bonds. The lowest BCUT2D eigenvalue weighted by Crippen LogP contribution is -2.31. The maximum Gasteiger partial charge on any atom is 0.0501 e. The van der Waals surface area contributed by atoms with E-state index < -0.39 is 0 Å². The molecule has 3 rings (SSSR count). The van der Waals surface area contributed by atoms with Crippen molar-refractivity contribution in [2.45, 2.75) is 19.4 Å². The zero-order valence-electron chi connectivity index (χ0n) is 10.3. The van der Waals surface area contributed by atoms with Crippen LogP contribution in [0.4, 0.5) is 5.69 Å². The van der Waals surface area contributed by atoms with E-state index in [1.54, 1.807) is 11.1 Å². The number of fused-ring (bicyclic) bond motifs is 1. The summed E-state index contributed by atoms with van der Waals surface area (Å²) in [5, 5.41) is 2.20. The molecule has 0 fully saturated rings. The molecular formula is C14H17N3S. The summed E-state index contributed by atoms with van der Waals surface area (Å²) in [5.41, 5.74) is 9.01. The number of hydrogen-bond donors (Lipinski definition) is 1. The molecule has 94 valence electrons. The highest BCUT2D eigenvalue weighted by Crippen LogP contribution is 2.23. The predicted octanol–water partition coefficient (Wildman–Crippen LogP) is 2.33. The molecule has 18 heavy (non-hydrogen) atoms. The van der Waals surface area contributed by atoms with Crippen molar-refractivity contribution in [3.63, 3.8) is 0 Å². The molecule has 0 spiro atoms. The zero-order chi connectivity index (χ0) is 12.4. The fourth-order valence-corrected chi connectivity index (χ4v) is 3.24. The van der Waals surface area contributed by atoms with Crippen LogP contribution in [0.1, 0.15) is 16.1 Å². The van der Waals surface area contributed by atoms with E-state index in [2.05, 4.69) is 21.3 Å². The van der Waals surface area contributed by atoms with Crippen molar-refractivity contribution in [2.24, 2.45) is 0 Å². The number of pyridine rings is 1. The minimum Gasteiger partial charge on any atom is -0.397 e. The van der Waals surface area contributed by atoms with Crippen LogP contribution in [-0.4, -0.2) is 23.0 Å². The maximum atomic E-state index is 5.64. The standard InChI is InChI=1S/C14H17N3S/c15-12-1-2-13(16-9-12)3-6-17-7-4-14-11(10-17)5-8-18-14/h1-2,5,8-9H,3-4,6-7,10,15H2. The number of anilines is 1. The number of aromatic nitrogens is 1. The summed E-state index contributed by atoms with van der Waals surface area (Å²) in [6, 6.07) is 6.21. The molecular weight excluding hydrogens is 242 g/mol. The number of hydrogen-bond acceptors (Lipinski definition) is 4. The highest BCUT2D eigenvalue weighted by molar-refractivity contribution is 7.10. The summed E-state index contributed by atoms with van der Waals surface area (Å²) < 4.78 is 0. The fraction of sp³-hybridized carbons (Fsp3) is 0.357. The van der Waals surface area contributed by atoms with Crippen molar-refractivity contribution in [3.05, 3.63) is 45.9 Å². The van der Waals surface area contributed by atoms with E-state index in [9.17, 15) is 0 Å². The Morgan fingerprint density at radius 3 is 3.11 bits per heavy atom. The van der Waals surface area contributed by atoms with Crippen molar-refractivity contribution in [1.82, 2.24) is 9.88 Å². The van der Waals surface area contributed by atoms with Crippen LogP contribution in [0.25, 0.3) is 0 Å². The minimum absolute atomic E-state index is 0.736. The van der Waals surface area contributed by atoms with Gasteiger partial charge in [-0.3, -0.25) is 9.88 Å². The van der Waals surface area contributed by atoms with E-state index in [-0.39, 0.29) is 0 Å². The van der Waals surface area contributed by atoms with Crippen molar-refractivity contribution < 1.29 is 0 Å². The molecule has 0 unspecified atom stereocenters. The minimum atomic E-state index is 0.736. The van der Waals surface area contributed by atoms with Crippen molar-refractivity contribution >= 4 is 17.0 Å². The average Bonchev–Trinajstić information content (AvgIpc) is 2.85. The SMILES string of the molecule is Nc1ccc(CCN2CCc3sccc3C2)nc1. The molecule has 0 saturated heterocycles. The van der Waals surface area contributed by atoms with Crippen LogP contribution >= 0.6 is 11.3 Å². The van der Waals surface area contributed by atoms with E-state index in [1.165, 1.54) is 18.5 Å². The van der Waals surface area contributed by atoms with Gasteiger partial charge in [0.2, 0.25) is 0 Å². The molecule has 1 aliphatic rings. The first-order valence-electron chi connectivity index (χ1n) is 6.29. The van der Waals surface area contributed by atoms with Crippen LogP contribution in [-0.2, 0) is 19.4 Å². The Morgan fingerprint density at radius 2 is 2.28 bits per heavy atom. The lowest BCUT2D eigenvalue weighted by Gasteiger charge is -2.26.